The number of hydrogen-bond donors (Lipinski definition) is 0. The van der Waals surface area contributed by atoms with Crippen LogP contribution in [-0.4, -0.2) is 35.5 Å². The molecule has 0 radical (unpaired) electrons. The van der Waals surface area contributed by atoms with Crippen LogP contribution in [0.2, 0.25) is 0 Å². The minimum Gasteiger partial charge on any atom is -0.363 e. The topological polar surface area (TPSA) is 32.3 Å². The Morgan fingerprint density at radius 2 is 2.30 bits per heavy atom. The molecule has 0 bridgehead atoms. The first-order valence-corrected chi connectivity index (χ1v) is 7.93. The van der Waals surface area contributed by atoms with Gasteiger partial charge in [0.15, 0.2) is 0 Å². The number of pyridine rings is 1. The van der Waals surface area contributed by atoms with Gasteiger partial charge in [0.25, 0.3) is 0 Å². The number of hydrogen-bond acceptors (Lipinski definition) is 5. The minimum absolute atomic E-state index is 0.499. The summed E-state index contributed by atoms with van der Waals surface area (Å²) >= 11 is 1.67. The molecule has 2 aromatic heterocycles. The third kappa shape index (κ3) is 2.83. The van der Waals surface area contributed by atoms with Crippen LogP contribution in [0.5, 0.6) is 0 Å². The molecule has 0 unspecified atom stereocenters. The normalized spacial score (nSPS) is 19.4. The van der Waals surface area contributed by atoms with Crippen molar-refractivity contribution in [2.75, 3.05) is 25.5 Å². The lowest BCUT2D eigenvalue weighted by Gasteiger charge is -2.24. The highest BCUT2D eigenvalue weighted by atomic mass is 32.1. The van der Waals surface area contributed by atoms with Gasteiger partial charge in [0, 0.05) is 38.3 Å². The van der Waals surface area contributed by atoms with E-state index in [1.165, 1.54) is 24.1 Å². The Labute approximate surface area is 124 Å². The average molecular weight is 288 g/mol. The second-order valence-electron chi connectivity index (χ2n) is 5.45. The Morgan fingerprint density at radius 3 is 3.05 bits per heavy atom. The van der Waals surface area contributed by atoms with Gasteiger partial charge in [0.05, 0.1) is 11.2 Å². The van der Waals surface area contributed by atoms with Gasteiger partial charge in [-0.05, 0) is 37.1 Å². The Balaban J connectivity index is 1.79. The van der Waals surface area contributed by atoms with Gasteiger partial charge in [0.1, 0.15) is 5.82 Å². The van der Waals surface area contributed by atoms with Crippen molar-refractivity contribution in [1.82, 2.24) is 14.9 Å². The number of anilines is 1. The predicted octanol–water partition coefficient (Wildman–Crippen LogP) is 2.94. The third-order valence-corrected chi connectivity index (χ3v) is 4.46. The van der Waals surface area contributed by atoms with Crippen molar-refractivity contribution in [2.45, 2.75) is 25.4 Å². The molecule has 3 rings (SSSR count). The smallest absolute Gasteiger partial charge is 0.128 e. The van der Waals surface area contributed by atoms with Crippen LogP contribution in [0.3, 0.4) is 0 Å². The zero-order valence-corrected chi connectivity index (χ0v) is 12.8. The molecule has 1 saturated heterocycles. The molecular weight excluding hydrogens is 268 g/mol. The fraction of sp³-hybridized carbons (Fsp3) is 0.467. The highest BCUT2D eigenvalue weighted by Gasteiger charge is 2.26. The predicted molar refractivity (Wildman–Crippen MR) is 83.1 cm³/mol. The average Bonchev–Trinajstić information content (AvgIpc) is 3.11. The van der Waals surface area contributed by atoms with Crippen molar-refractivity contribution < 1.29 is 0 Å². The van der Waals surface area contributed by atoms with Crippen LogP contribution in [0.25, 0.3) is 0 Å². The summed E-state index contributed by atoms with van der Waals surface area (Å²) in [6.45, 7) is 2.11. The molecule has 4 nitrogen and oxygen atoms in total. The molecule has 2 aromatic rings. The summed E-state index contributed by atoms with van der Waals surface area (Å²) in [5.74, 6) is 1.03. The Hall–Kier alpha value is -1.46. The maximum Gasteiger partial charge on any atom is 0.128 e. The van der Waals surface area contributed by atoms with Gasteiger partial charge in [-0.3, -0.25) is 4.90 Å². The van der Waals surface area contributed by atoms with Crippen LogP contribution >= 0.6 is 11.3 Å². The van der Waals surface area contributed by atoms with Crippen LogP contribution < -0.4 is 4.90 Å². The third-order valence-electron chi connectivity index (χ3n) is 3.82. The first kappa shape index (κ1) is 13.5. The molecule has 3 heterocycles. The van der Waals surface area contributed by atoms with Gasteiger partial charge < -0.3 is 4.90 Å². The highest BCUT2D eigenvalue weighted by molar-refractivity contribution is 7.07. The van der Waals surface area contributed by atoms with Crippen LogP contribution in [0, 0.1) is 0 Å². The summed E-state index contributed by atoms with van der Waals surface area (Å²) in [4.78, 5) is 13.4. The molecule has 106 valence electrons. The number of likely N-dealkylation sites (tertiary alicyclic amines) is 1. The second kappa shape index (κ2) is 5.89. The van der Waals surface area contributed by atoms with E-state index >= 15 is 0 Å². The van der Waals surface area contributed by atoms with Gasteiger partial charge in [-0.1, -0.05) is 0 Å². The molecule has 1 aliphatic rings. The van der Waals surface area contributed by atoms with Crippen molar-refractivity contribution in [3.8, 4) is 0 Å². The number of thiazole rings is 1. The van der Waals surface area contributed by atoms with Gasteiger partial charge in [-0.2, -0.15) is 0 Å². The molecule has 1 atom stereocenters. The molecule has 1 aliphatic heterocycles. The summed E-state index contributed by atoms with van der Waals surface area (Å²) in [5.41, 5.74) is 4.47. The van der Waals surface area contributed by atoms with E-state index < -0.39 is 0 Å². The molecule has 0 saturated carbocycles. The molecule has 5 heteroatoms. The van der Waals surface area contributed by atoms with Crippen LogP contribution in [0.15, 0.2) is 29.2 Å². The molecule has 0 spiro atoms. The van der Waals surface area contributed by atoms with E-state index in [1.807, 2.05) is 25.8 Å². The molecule has 0 aliphatic carbocycles. The van der Waals surface area contributed by atoms with E-state index in [0.29, 0.717) is 6.04 Å². The lowest BCUT2D eigenvalue weighted by atomic mass is 10.1. The first-order valence-electron chi connectivity index (χ1n) is 6.98. The van der Waals surface area contributed by atoms with Gasteiger partial charge in [0.2, 0.25) is 0 Å². The maximum atomic E-state index is 4.41. The standard InChI is InChI=1S/C15H20N4S/c1-18(2)15-8-12(5-6-16-15)14-4-3-7-19(14)9-13-10-20-11-17-13/h5-6,8,10-11,14H,3-4,7,9H2,1-2H3/t14-/m1/s1. The Kier molecular flexibility index (Phi) is 3.98. The summed E-state index contributed by atoms with van der Waals surface area (Å²) < 4.78 is 0. The fourth-order valence-electron chi connectivity index (χ4n) is 2.80. The zero-order valence-electron chi connectivity index (χ0n) is 12.0. The summed E-state index contributed by atoms with van der Waals surface area (Å²) in [5, 5.41) is 2.15. The van der Waals surface area contributed by atoms with Crippen LogP contribution in [-0.2, 0) is 6.54 Å². The first-order chi connectivity index (χ1) is 9.74. The number of aromatic nitrogens is 2. The van der Waals surface area contributed by atoms with E-state index in [2.05, 4.69) is 37.3 Å². The van der Waals surface area contributed by atoms with Crippen molar-refractivity contribution in [3.63, 3.8) is 0 Å². The largest absolute Gasteiger partial charge is 0.363 e. The van der Waals surface area contributed by atoms with Crippen molar-refractivity contribution in [2.24, 2.45) is 0 Å². The minimum atomic E-state index is 0.499. The summed E-state index contributed by atoms with van der Waals surface area (Å²) in [6, 6.07) is 4.86. The molecule has 0 N–H and O–H groups in total. The molecular formula is C15H20N4S. The second-order valence-corrected chi connectivity index (χ2v) is 6.17. The molecule has 1 fully saturated rings. The lowest BCUT2D eigenvalue weighted by Crippen LogP contribution is -2.23. The van der Waals surface area contributed by atoms with Crippen molar-refractivity contribution in [3.05, 3.63) is 40.5 Å². The molecule has 0 amide bonds. The van der Waals surface area contributed by atoms with Gasteiger partial charge in [-0.25, -0.2) is 9.97 Å². The zero-order chi connectivity index (χ0) is 13.9. The SMILES string of the molecule is CN(C)c1cc([C@H]2CCCN2Cc2cscn2)ccn1. The summed E-state index contributed by atoms with van der Waals surface area (Å²) in [7, 11) is 4.07. The van der Waals surface area contributed by atoms with E-state index in [0.717, 1.165) is 18.9 Å². The quantitative estimate of drug-likeness (QED) is 0.866. The van der Waals surface area contributed by atoms with E-state index in [1.54, 1.807) is 11.3 Å². The van der Waals surface area contributed by atoms with Crippen molar-refractivity contribution in [1.29, 1.82) is 0 Å². The van der Waals surface area contributed by atoms with Gasteiger partial charge >= 0.3 is 0 Å². The molecule has 0 aromatic carbocycles. The Bertz CT molecular complexity index is 553. The fourth-order valence-corrected chi connectivity index (χ4v) is 3.35. The number of rotatable bonds is 4. The maximum absolute atomic E-state index is 4.41. The van der Waals surface area contributed by atoms with E-state index in [-0.39, 0.29) is 0 Å². The highest BCUT2D eigenvalue weighted by Crippen LogP contribution is 2.33. The van der Waals surface area contributed by atoms with Crippen LogP contribution in [0.1, 0.15) is 30.1 Å². The Morgan fingerprint density at radius 1 is 1.40 bits per heavy atom. The number of nitrogens with zero attached hydrogens (tertiary/aromatic N) is 4. The van der Waals surface area contributed by atoms with Crippen molar-refractivity contribution >= 4 is 17.2 Å². The van der Waals surface area contributed by atoms with E-state index in [4.69, 9.17) is 0 Å². The summed E-state index contributed by atoms with van der Waals surface area (Å²) in [6.07, 6.45) is 4.40. The lowest BCUT2D eigenvalue weighted by molar-refractivity contribution is 0.246. The van der Waals surface area contributed by atoms with Gasteiger partial charge in [-0.15, -0.1) is 11.3 Å². The van der Waals surface area contributed by atoms with Crippen LogP contribution in [0.4, 0.5) is 5.82 Å². The van der Waals surface area contributed by atoms with E-state index in [9.17, 15) is 0 Å². The molecule has 20 heavy (non-hydrogen) atoms. The monoisotopic (exact) mass is 288 g/mol.